The topological polar surface area (TPSA) is 62.3 Å². The Kier molecular flexibility index (Phi) is 4.20. The summed E-state index contributed by atoms with van der Waals surface area (Å²) < 4.78 is 25.1. The quantitative estimate of drug-likeness (QED) is 0.931. The molecule has 1 unspecified atom stereocenters. The zero-order chi connectivity index (χ0) is 15.7. The van der Waals surface area contributed by atoms with Gasteiger partial charge >= 0.3 is 0 Å². The summed E-state index contributed by atoms with van der Waals surface area (Å²) in [6.07, 6.45) is 2.01. The summed E-state index contributed by atoms with van der Waals surface area (Å²) in [7, 11) is -3.27. The van der Waals surface area contributed by atoms with E-state index in [9.17, 15) is 8.42 Å². The molecule has 1 aromatic carbocycles. The van der Waals surface area contributed by atoms with Crippen LogP contribution in [0.15, 0.2) is 30.3 Å². The van der Waals surface area contributed by atoms with Crippen LogP contribution in [0, 0.1) is 0 Å². The monoisotopic (exact) mass is 337 g/mol. The zero-order valence-electron chi connectivity index (χ0n) is 12.6. The van der Waals surface area contributed by atoms with E-state index >= 15 is 0 Å². The molecule has 1 aliphatic heterocycles. The fourth-order valence-electron chi connectivity index (χ4n) is 2.69. The van der Waals surface area contributed by atoms with Gasteiger partial charge in [-0.05, 0) is 12.5 Å². The summed E-state index contributed by atoms with van der Waals surface area (Å²) in [6, 6.07) is 10.8. The first-order valence-electron chi connectivity index (χ1n) is 7.18. The van der Waals surface area contributed by atoms with Crippen molar-refractivity contribution < 1.29 is 8.42 Å². The molecule has 118 valence electrons. The molecular weight excluding hydrogens is 318 g/mol. The molecule has 1 atom stereocenters. The Morgan fingerprint density at radius 3 is 2.73 bits per heavy atom. The minimum Gasteiger partial charge on any atom is -0.291 e. The first-order valence-corrected chi connectivity index (χ1v) is 9.88. The van der Waals surface area contributed by atoms with Gasteiger partial charge in [0.05, 0.1) is 11.9 Å². The fraction of sp³-hybridized carbons (Fsp3) is 0.400. The second-order valence-electron chi connectivity index (χ2n) is 5.57. The van der Waals surface area contributed by atoms with Gasteiger partial charge in [-0.3, -0.25) is 9.62 Å². The van der Waals surface area contributed by atoms with Gasteiger partial charge in [-0.25, -0.2) is 13.4 Å². The van der Waals surface area contributed by atoms with Crippen molar-refractivity contribution in [1.29, 1.82) is 0 Å². The van der Waals surface area contributed by atoms with E-state index < -0.39 is 10.0 Å². The summed E-state index contributed by atoms with van der Waals surface area (Å²) in [5.41, 5.74) is 2.32. The lowest BCUT2D eigenvalue weighted by Gasteiger charge is -2.32. The number of anilines is 1. The molecule has 0 aliphatic carbocycles. The molecule has 0 fully saturated rings. The van der Waals surface area contributed by atoms with Gasteiger partial charge in [-0.2, -0.15) is 0 Å². The third kappa shape index (κ3) is 3.48. The summed E-state index contributed by atoms with van der Waals surface area (Å²) >= 11 is 1.44. The number of hydrogen-bond donors (Lipinski definition) is 1. The molecule has 0 saturated heterocycles. The highest BCUT2D eigenvalue weighted by Crippen LogP contribution is 2.32. The number of nitrogens with zero attached hydrogens (tertiary/aromatic N) is 2. The molecule has 7 heteroatoms. The van der Waals surface area contributed by atoms with Crippen LogP contribution in [-0.4, -0.2) is 31.1 Å². The Hall–Kier alpha value is -1.44. The van der Waals surface area contributed by atoms with Crippen molar-refractivity contribution in [3.63, 3.8) is 0 Å². The standard InChI is InChI=1S/C15H19N3O2S2/c1-11(12-6-4-3-5-7-12)18-9-8-13-14(10-18)21-15(16-13)17-22(2,19)20/h3-7,11H,8-10H2,1-2H3,(H,16,17). The zero-order valence-corrected chi connectivity index (χ0v) is 14.2. The van der Waals surface area contributed by atoms with Gasteiger partial charge in [0.25, 0.3) is 0 Å². The molecule has 3 rings (SSSR count). The van der Waals surface area contributed by atoms with E-state index in [1.807, 2.05) is 6.07 Å². The first kappa shape index (κ1) is 15.5. The predicted molar refractivity (Wildman–Crippen MR) is 89.6 cm³/mol. The minimum atomic E-state index is -3.27. The largest absolute Gasteiger partial charge is 0.291 e. The van der Waals surface area contributed by atoms with Gasteiger partial charge < -0.3 is 0 Å². The third-order valence-corrected chi connectivity index (χ3v) is 5.55. The Balaban J connectivity index is 1.76. The van der Waals surface area contributed by atoms with E-state index in [2.05, 4.69) is 45.8 Å². The minimum absolute atomic E-state index is 0.336. The molecule has 0 spiro atoms. The third-order valence-electron chi connectivity index (χ3n) is 3.86. The van der Waals surface area contributed by atoms with Gasteiger partial charge in [-0.15, -0.1) is 0 Å². The van der Waals surface area contributed by atoms with Crippen molar-refractivity contribution in [2.75, 3.05) is 17.5 Å². The lowest BCUT2D eigenvalue weighted by molar-refractivity contribution is 0.193. The number of benzene rings is 1. The maximum atomic E-state index is 11.3. The SMILES string of the molecule is CC(c1ccccc1)N1CCc2nc(NS(C)(=O)=O)sc2C1. The summed E-state index contributed by atoms with van der Waals surface area (Å²) in [6.45, 7) is 3.95. The highest BCUT2D eigenvalue weighted by atomic mass is 32.2. The summed E-state index contributed by atoms with van der Waals surface area (Å²) in [4.78, 5) is 7.96. The average molecular weight is 337 g/mol. The van der Waals surface area contributed by atoms with Crippen molar-refractivity contribution >= 4 is 26.5 Å². The van der Waals surface area contributed by atoms with Crippen molar-refractivity contribution in [1.82, 2.24) is 9.88 Å². The van der Waals surface area contributed by atoms with Crippen LogP contribution in [0.5, 0.6) is 0 Å². The van der Waals surface area contributed by atoms with Crippen molar-refractivity contribution in [3.05, 3.63) is 46.5 Å². The molecule has 2 aromatic rings. The Labute approximate surface area is 135 Å². The summed E-state index contributed by atoms with van der Waals surface area (Å²) in [5, 5.41) is 0.474. The number of rotatable bonds is 4. The van der Waals surface area contributed by atoms with Crippen LogP contribution >= 0.6 is 11.3 Å². The number of nitrogens with one attached hydrogen (secondary N) is 1. The van der Waals surface area contributed by atoms with E-state index in [4.69, 9.17) is 0 Å². The Morgan fingerprint density at radius 2 is 2.05 bits per heavy atom. The van der Waals surface area contributed by atoms with Crippen molar-refractivity contribution in [3.8, 4) is 0 Å². The molecule has 22 heavy (non-hydrogen) atoms. The molecular formula is C15H19N3O2S2. The molecule has 1 N–H and O–H groups in total. The molecule has 0 radical (unpaired) electrons. The van der Waals surface area contributed by atoms with Gasteiger partial charge in [0.1, 0.15) is 0 Å². The van der Waals surface area contributed by atoms with Gasteiger partial charge in [0.2, 0.25) is 10.0 Å². The normalized spacial score (nSPS) is 17.0. The highest BCUT2D eigenvalue weighted by molar-refractivity contribution is 7.92. The first-order chi connectivity index (χ1) is 10.4. The van der Waals surface area contributed by atoms with Crippen molar-refractivity contribution in [2.45, 2.75) is 25.9 Å². The van der Waals surface area contributed by atoms with Gasteiger partial charge in [0.15, 0.2) is 5.13 Å². The van der Waals surface area contributed by atoms with E-state index in [1.54, 1.807) is 0 Å². The summed E-state index contributed by atoms with van der Waals surface area (Å²) in [5.74, 6) is 0. The molecule has 0 saturated carbocycles. The lowest BCUT2D eigenvalue weighted by atomic mass is 10.0. The average Bonchev–Trinajstić information content (AvgIpc) is 2.86. The van der Waals surface area contributed by atoms with Crippen LogP contribution in [0.4, 0.5) is 5.13 Å². The number of aromatic nitrogens is 1. The van der Waals surface area contributed by atoms with Gasteiger partial charge in [-0.1, -0.05) is 41.7 Å². The van der Waals surface area contributed by atoms with Gasteiger partial charge in [0, 0.05) is 30.4 Å². The van der Waals surface area contributed by atoms with E-state index in [1.165, 1.54) is 16.9 Å². The van der Waals surface area contributed by atoms with Crippen LogP contribution in [-0.2, 0) is 23.0 Å². The highest BCUT2D eigenvalue weighted by Gasteiger charge is 2.25. The number of fused-ring (bicyclic) bond motifs is 1. The lowest BCUT2D eigenvalue weighted by Crippen LogP contribution is -2.32. The Morgan fingerprint density at radius 1 is 1.32 bits per heavy atom. The number of thiazole rings is 1. The molecule has 0 bridgehead atoms. The molecule has 1 aliphatic rings. The van der Waals surface area contributed by atoms with E-state index in [0.717, 1.165) is 36.3 Å². The number of sulfonamides is 1. The van der Waals surface area contributed by atoms with Crippen LogP contribution in [0.3, 0.4) is 0 Å². The smallest absolute Gasteiger partial charge is 0.231 e. The van der Waals surface area contributed by atoms with Crippen LogP contribution in [0.2, 0.25) is 0 Å². The number of hydrogen-bond acceptors (Lipinski definition) is 5. The molecule has 2 heterocycles. The second kappa shape index (κ2) is 5.98. The Bertz CT molecular complexity index is 756. The molecule has 5 nitrogen and oxygen atoms in total. The molecule has 1 aromatic heterocycles. The van der Waals surface area contributed by atoms with E-state index in [-0.39, 0.29) is 0 Å². The predicted octanol–water partition coefficient (Wildman–Crippen LogP) is 2.63. The van der Waals surface area contributed by atoms with Crippen LogP contribution in [0.1, 0.15) is 29.1 Å². The maximum absolute atomic E-state index is 11.3. The van der Waals surface area contributed by atoms with Crippen LogP contribution in [0.25, 0.3) is 0 Å². The maximum Gasteiger partial charge on any atom is 0.231 e. The second-order valence-corrected chi connectivity index (χ2v) is 8.40. The fourth-order valence-corrected chi connectivity index (χ4v) is 4.56. The molecule has 0 amide bonds. The van der Waals surface area contributed by atoms with E-state index in [0.29, 0.717) is 11.2 Å². The van der Waals surface area contributed by atoms with Crippen LogP contribution < -0.4 is 4.72 Å². The van der Waals surface area contributed by atoms with Crippen molar-refractivity contribution in [2.24, 2.45) is 0 Å².